The molecule has 8 heteroatoms. The summed E-state index contributed by atoms with van der Waals surface area (Å²) in [4.78, 5) is 14.0. The van der Waals surface area contributed by atoms with E-state index in [4.69, 9.17) is 4.74 Å². The fourth-order valence-corrected chi connectivity index (χ4v) is 4.77. The van der Waals surface area contributed by atoms with E-state index in [1.54, 1.807) is 35.2 Å². The first kappa shape index (κ1) is 20.3. The number of morpholine rings is 1. The van der Waals surface area contributed by atoms with Gasteiger partial charge in [-0.3, -0.25) is 9.10 Å². The molecule has 28 heavy (non-hydrogen) atoms. The maximum Gasteiger partial charge on any atom is 0.267 e. The average molecular weight is 406 g/mol. The van der Waals surface area contributed by atoms with Crippen molar-refractivity contribution in [1.82, 2.24) is 4.90 Å². The lowest BCUT2D eigenvalue weighted by Gasteiger charge is -2.36. The van der Waals surface area contributed by atoms with Crippen LogP contribution in [-0.4, -0.2) is 51.1 Å². The number of para-hydroxylation sites is 1. The van der Waals surface area contributed by atoms with Crippen molar-refractivity contribution >= 4 is 21.6 Å². The van der Waals surface area contributed by atoms with Gasteiger partial charge in [0.25, 0.3) is 10.0 Å². The third-order valence-electron chi connectivity index (χ3n) is 4.50. The zero-order valence-corrected chi connectivity index (χ0v) is 16.6. The molecule has 1 heterocycles. The van der Waals surface area contributed by atoms with Crippen LogP contribution in [0.5, 0.6) is 0 Å². The molecule has 2 aromatic rings. The minimum absolute atomic E-state index is 0.138. The van der Waals surface area contributed by atoms with Gasteiger partial charge in [-0.15, -0.1) is 0 Å². The molecule has 6 nitrogen and oxygen atoms in total. The monoisotopic (exact) mass is 406 g/mol. The second-order valence-electron chi connectivity index (χ2n) is 6.83. The van der Waals surface area contributed by atoms with E-state index < -0.39 is 27.3 Å². The number of hydrogen-bond acceptors (Lipinski definition) is 4. The van der Waals surface area contributed by atoms with Gasteiger partial charge in [0.15, 0.2) is 0 Å². The Bertz CT molecular complexity index is 926. The van der Waals surface area contributed by atoms with Crippen molar-refractivity contribution in [2.24, 2.45) is 0 Å². The summed E-state index contributed by atoms with van der Waals surface area (Å²) < 4.78 is 47.2. The number of benzene rings is 2. The molecular weight excluding hydrogens is 383 g/mol. The molecule has 3 rings (SSSR count). The van der Waals surface area contributed by atoms with Crippen molar-refractivity contribution in [3.8, 4) is 0 Å². The zero-order valence-electron chi connectivity index (χ0n) is 15.8. The summed E-state index contributed by atoms with van der Waals surface area (Å²) in [5.41, 5.74) is 0.299. The van der Waals surface area contributed by atoms with Crippen molar-refractivity contribution in [1.29, 1.82) is 0 Å². The molecule has 0 bridgehead atoms. The first-order chi connectivity index (χ1) is 13.3. The van der Waals surface area contributed by atoms with Crippen molar-refractivity contribution in [2.75, 3.05) is 23.9 Å². The number of nitrogens with zero attached hydrogens (tertiary/aromatic N) is 2. The minimum Gasteiger partial charge on any atom is -0.372 e. The lowest BCUT2D eigenvalue weighted by Crippen LogP contribution is -2.51. The highest BCUT2D eigenvalue weighted by molar-refractivity contribution is 7.92. The molecule has 150 valence electrons. The van der Waals surface area contributed by atoms with Gasteiger partial charge in [0.2, 0.25) is 5.91 Å². The van der Waals surface area contributed by atoms with Crippen molar-refractivity contribution < 1.29 is 22.3 Å². The van der Waals surface area contributed by atoms with Gasteiger partial charge in [-0.05, 0) is 38.1 Å². The summed E-state index contributed by atoms with van der Waals surface area (Å²) in [6.45, 7) is 4.07. The topological polar surface area (TPSA) is 66.9 Å². The highest BCUT2D eigenvalue weighted by Gasteiger charge is 2.33. The van der Waals surface area contributed by atoms with E-state index in [9.17, 15) is 17.6 Å². The Morgan fingerprint density at radius 3 is 2.25 bits per heavy atom. The van der Waals surface area contributed by atoms with Gasteiger partial charge < -0.3 is 9.64 Å². The number of amides is 1. The van der Waals surface area contributed by atoms with Crippen LogP contribution >= 0.6 is 0 Å². The van der Waals surface area contributed by atoms with E-state index in [1.165, 1.54) is 18.2 Å². The molecular formula is C20H23FN2O4S. The Balaban J connectivity index is 1.95. The number of anilines is 1. The van der Waals surface area contributed by atoms with Crippen molar-refractivity contribution in [2.45, 2.75) is 31.0 Å². The van der Waals surface area contributed by atoms with Crippen LogP contribution in [0.2, 0.25) is 0 Å². The molecule has 0 aliphatic carbocycles. The van der Waals surface area contributed by atoms with Crippen LogP contribution in [0, 0.1) is 5.82 Å². The van der Waals surface area contributed by atoms with Gasteiger partial charge in [0, 0.05) is 13.1 Å². The van der Waals surface area contributed by atoms with Gasteiger partial charge in [-0.2, -0.15) is 0 Å². The number of carbonyl (C=O) groups excluding carboxylic acids is 1. The van der Waals surface area contributed by atoms with Crippen LogP contribution < -0.4 is 4.31 Å². The van der Waals surface area contributed by atoms with Gasteiger partial charge in [-0.25, -0.2) is 12.8 Å². The summed E-state index contributed by atoms with van der Waals surface area (Å²) in [5.74, 6) is -1.21. The lowest BCUT2D eigenvalue weighted by molar-refractivity contribution is -0.141. The molecule has 2 atom stereocenters. The summed E-state index contributed by atoms with van der Waals surface area (Å²) in [7, 11) is -4.27. The third kappa shape index (κ3) is 4.34. The van der Waals surface area contributed by atoms with Crippen molar-refractivity contribution in [3.63, 3.8) is 0 Å². The third-order valence-corrected chi connectivity index (χ3v) is 6.31. The van der Waals surface area contributed by atoms with Gasteiger partial charge >= 0.3 is 0 Å². The quantitative estimate of drug-likeness (QED) is 0.766. The van der Waals surface area contributed by atoms with Crippen molar-refractivity contribution in [3.05, 3.63) is 60.4 Å². The smallest absolute Gasteiger partial charge is 0.267 e. The van der Waals surface area contributed by atoms with Crippen LogP contribution in [0.15, 0.2) is 59.5 Å². The normalized spacial score (nSPS) is 20.0. The predicted octanol–water partition coefficient (Wildman–Crippen LogP) is 2.66. The van der Waals surface area contributed by atoms with E-state index in [1.807, 2.05) is 13.8 Å². The number of carbonyl (C=O) groups is 1. The summed E-state index contributed by atoms with van der Waals surface area (Å²) in [6, 6.07) is 13.4. The molecule has 1 saturated heterocycles. The molecule has 1 fully saturated rings. The van der Waals surface area contributed by atoms with E-state index >= 15 is 0 Å². The highest BCUT2D eigenvalue weighted by atomic mass is 32.2. The Labute approximate surface area is 164 Å². The predicted molar refractivity (Wildman–Crippen MR) is 104 cm³/mol. The minimum atomic E-state index is -4.27. The van der Waals surface area contributed by atoms with E-state index in [-0.39, 0.29) is 18.1 Å². The maximum absolute atomic E-state index is 14.2. The van der Waals surface area contributed by atoms with E-state index in [0.717, 1.165) is 10.4 Å². The molecule has 0 aromatic heterocycles. The van der Waals surface area contributed by atoms with Gasteiger partial charge in [0.05, 0.1) is 17.9 Å². The number of hydrogen-bond donors (Lipinski definition) is 0. The standard InChI is InChI=1S/C20H23FN2O4S/c1-15-12-22(13-16(2)27-15)20(24)14-23(17-8-4-3-5-9-17)28(25,26)19-11-7-6-10-18(19)21/h3-11,15-16H,12-14H2,1-2H3. The Morgan fingerprint density at radius 1 is 1.07 bits per heavy atom. The van der Waals surface area contributed by atoms with Crippen LogP contribution in [0.4, 0.5) is 10.1 Å². The van der Waals surface area contributed by atoms with E-state index in [0.29, 0.717) is 18.8 Å². The second-order valence-corrected chi connectivity index (χ2v) is 8.66. The second kappa shape index (κ2) is 8.28. The SMILES string of the molecule is CC1CN(C(=O)CN(c2ccccc2)S(=O)(=O)c2ccccc2F)CC(C)O1. The Hall–Kier alpha value is -2.45. The fraction of sp³-hybridized carbons (Fsp3) is 0.350. The van der Waals surface area contributed by atoms with E-state index in [2.05, 4.69) is 0 Å². The van der Waals surface area contributed by atoms with Gasteiger partial charge in [-0.1, -0.05) is 30.3 Å². The molecule has 0 radical (unpaired) electrons. The summed E-state index contributed by atoms with van der Waals surface area (Å²) in [5, 5.41) is 0. The molecule has 2 unspecified atom stereocenters. The summed E-state index contributed by atoms with van der Waals surface area (Å²) in [6.07, 6.45) is -0.276. The molecule has 1 aliphatic heterocycles. The molecule has 0 spiro atoms. The first-order valence-electron chi connectivity index (χ1n) is 9.04. The molecule has 0 saturated carbocycles. The number of sulfonamides is 1. The fourth-order valence-electron chi connectivity index (χ4n) is 3.29. The van der Waals surface area contributed by atoms with Crippen LogP contribution in [0.1, 0.15) is 13.8 Å². The van der Waals surface area contributed by atoms with Gasteiger partial charge in [0.1, 0.15) is 17.3 Å². The van der Waals surface area contributed by atoms with Crippen LogP contribution in [-0.2, 0) is 19.6 Å². The zero-order chi connectivity index (χ0) is 20.3. The first-order valence-corrected chi connectivity index (χ1v) is 10.5. The molecule has 1 amide bonds. The largest absolute Gasteiger partial charge is 0.372 e. The number of halogens is 1. The molecule has 0 N–H and O–H groups in total. The Kier molecular flexibility index (Phi) is 6.00. The summed E-state index contributed by atoms with van der Waals surface area (Å²) >= 11 is 0. The molecule has 2 aromatic carbocycles. The number of rotatable bonds is 5. The lowest BCUT2D eigenvalue weighted by atomic mass is 10.2. The maximum atomic E-state index is 14.2. The average Bonchev–Trinajstić information content (AvgIpc) is 2.66. The number of ether oxygens (including phenoxy) is 1. The molecule has 1 aliphatic rings. The van der Waals surface area contributed by atoms with Crippen LogP contribution in [0.25, 0.3) is 0 Å². The highest BCUT2D eigenvalue weighted by Crippen LogP contribution is 2.25. The van der Waals surface area contributed by atoms with Crippen LogP contribution in [0.3, 0.4) is 0 Å². The Morgan fingerprint density at radius 2 is 1.64 bits per heavy atom.